The van der Waals surface area contributed by atoms with Gasteiger partial charge in [-0.25, -0.2) is 0 Å². The van der Waals surface area contributed by atoms with Crippen molar-refractivity contribution in [3.05, 3.63) is 41.1 Å². The predicted molar refractivity (Wildman–Crippen MR) is 83.9 cm³/mol. The lowest BCUT2D eigenvalue weighted by Gasteiger charge is -2.25. The van der Waals surface area contributed by atoms with Crippen LogP contribution in [0.2, 0.25) is 0 Å². The van der Waals surface area contributed by atoms with Crippen LogP contribution in [0.25, 0.3) is 10.2 Å². The molecule has 0 amide bonds. The number of thiophene rings is 1. The number of nitrogens with one attached hydrogen (secondary N) is 1. The molecule has 1 aliphatic rings. The number of aromatic nitrogens is 1. The van der Waals surface area contributed by atoms with Crippen molar-refractivity contribution < 1.29 is 4.74 Å². The van der Waals surface area contributed by atoms with E-state index >= 15 is 0 Å². The molecule has 1 atom stereocenters. The molecular weight excluding hydrogens is 268 g/mol. The van der Waals surface area contributed by atoms with E-state index in [0.717, 1.165) is 43.7 Å². The van der Waals surface area contributed by atoms with Crippen LogP contribution in [0.5, 0.6) is 0 Å². The molecular formula is C16H20N2OS. The molecule has 3 heterocycles. The van der Waals surface area contributed by atoms with Gasteiger partial charge in [0.25, 0.3) is 0 Å². The molecule has 0 bridgehead atoms. The van der Waals surface area contributed by atoms with Crippen molar-refractivity contribution in [3.8, 4) is 0 Å². The maximum absolute atomic E-state index is 5.86. The Morgan fingerprint density at radius 3 is 3.25 bits per heavy atom. The molecule has 3 nitrogen and oxygen atoms in total. The van der Waals surface area contributed by atoms with Gasteiger partial charge in [0, 0.05) is 6.20 Å². The first kappa shape index (κ1) is 13.6. The summed E-state index contributed by atoms with van der Waals surface area (Å²) in [5.74, 6) is 1.06. The average Bonchev–Trinajstić information content (AvgIpc) is 2.96. The molecule has 4 heteroatoms. The maximum Gasteiger partial charge on any atom is 0.113 e. The Balaban J connectivity index is 1.92. The van der Waals surface area contributed by atoms with Gasteiger partial charge < -0.3 is 10.1 Å². The quantitative estimate of drug-likeness (QED) is 0.902. The molecule has 0 saturated heterocycles. The Kier molecular flexibility index (Phi) is 4.33. The second kappa shape index (κ2) is 6.37. The lowest BCUT2D eigenvalue weighted by molar-refractivity contribution is 0.167. The van der Waals surface area contributed by atoms with E-state index < -0.39 is 0 Å². The second-order valence-corrected chi connectivity index (χ2v) is 6.00. The van der Waals surface area contributed by atoms with Crippen LogP contribution in [0.4, 0.5) is 0 Å². The lowest BCUT2D eigenvalue weighted by Crippen LogP contribution is -2.26. The normalized spacial score (nSPS) is 16.8. The van der Waals surface area contributed by atoms with E-state index in [1.54, 1.807) is 11.3 Å². The van der Waals surface area contributed by atoms with Crippen LogP contribution in [-0.4, -0.2) is 18.1 Å². The van der Waals surface area contributed by atoms with E-state index in [2.05, 4.69) is 40.8 Å². The molecule has 1 unspecified atom stereocenters. The van der Waals surface area contributed by atoms with Crippen molar-refractivity contribution in [2.75, 3.05) is 13.2 Å². The zero-order valence-electron chi connectivity index (χ0n) is 11.8. The fourth-order valence-corrected chi connectivity index (χ4v) is 3.26. The van der Waals surface area contributed by atoms with Gasteiger partial charge in [-0.2, -0.15) is 0 Å². The Morgan fingerprint density at radius 2 is 2.45 bits per heavy atom. The van der Waals surface area contributed by atoms with Gasteiger partial charge in [-0.1, -0.05) is 6.92 Å². The van der Waals surface area contributed by atoms with E-state index in [0.29, 0.717) is 0 Å². The number of pyridine rings is 1. The summed E-state index contributed by atoms with van der Waals surface area (Å²) in [6, 6.07) is 4.43. The summed E-state index contributed by atoms with van der Waals surface area (Å²) in [7, 11) is 0. The first-order valence-corrected chi connectivity index (χ1v) is 8.16. The minimum atomic E-state index is 0.134. The third-order valence-electron chi connectivity index (χ3n) is 3.50. The van der Waals surface area contributed by atoms with Crippen LogP contribution in [0.3, 0.4) is 0 Å². The van der Waals surface area contributed by atoms with Gasteiger partial charge in [0.2, 0.25) is 0 Å². The molecule has 2 aromatic heterocycles. The van der Waals surface area contributed by atoms with Crippen molar-refractivity contribution in [2.45, 2.75) is 32.2 Å². The molecule has 2 aromatic rings. The van der Waals surface area contributed by atoms with Crippen LogP contribution in [0.15, 0.2) is 35.5 Å². The minimum Gasteiger partial charge on any atom is -0.496 e. The molecule has 0 spiro atoms. The SMILES string of the molecule is CCCNC(C1=CCCCO1)c1cnc2ccsc2c1. The predicted octanol–water partition coefficient (Wildman–Crippen LogP) is 4.03. The number of hydrogen-bond acceptors (Lipinski definition) is 4. The Labute approximate surface area is 123 Å². The molecule has 1 aliphatic heterocycles. The second-order valence-electron chi connectivity index (χ2n) is 5.06. The summed E-state index contributed by atoms with van der Waals surface area (Å²) in [4.78, 5) is 4.55. The summed E-state index contributed by atoms with van der Waals surface area (Å²) >= 11 is 1.74. The van der Waals surface area contributed by atoms with Crippen LogP contribution in [0.1, 0.15) is 37.8 Å². The van der Waals surface area contributed by atoms with Gasteiger partial charge in [-0.3, -0.25) is 4.98 Å². The van der Waals surface area contributed by atoms with Crippen molar-refractivity contribution in [1.82, 2.24) is 10.3 Å². The van der Waals surface area contributed by atoms with Crippen LogP contribution < -0.4 is 5.32 Å². The van der Waals surface area contributed by atoms with Crippen LogP contribution in [-0.2, 0) is 4.74 Å². The highest BCUT2D eigenvalue weighted by molar-refractivity contribution is 7.17. The smallest absolute Gasteiger partial charge is 0.113 e. The van der Waals surface area contributed by atoms with Crippen LogP contribution >= 0.6 is 11.3 Å². The lowest BCUT2D eigenvalue weighted by atomic mass is 10.0. The van der Waals surface area contributed by atoms with Gasteiger partial charge in [-0.05, 0) is 55.0 Å². The number of fused-ring (bicyclic) bond motifs is 1. The summed E-state index contributed by atoms with van der Waals surface area (Å²) in [6.07, 6.45) is 7.52. The van der Waals surface area contributed by atoms with E-state index in [1.165, 1.54) is 10.3 Å². The van der Waals surface area contributed by atoms with Crippen molar-refractivity contribution in [3.63, 3.8) is 0 Å². The van der Waals surface area contributed by atoms with Gasteiger partial charge in [0.15, 0.2) is 0 Å². The van der Waals surface area contributed by atoms with E-state index in [9.17, 15) is 0 Å². The molecule has 0 aliphatic carbocycles. The highest BCUT2D eigenvalue weighted by Gasteiger charge is 2.20. The van der Waals surface area contributed by atoms with Gasteiger partial charge in [0.1, 0.15) is 5.76 Å². The Bertz CT molecular complexity index is 605. The molecule has 0 radical (unpaired) electrons. The zero-order valence-corrected chi connectivity index (χ0v) is 12.6. The molecule has 0 saturated carbocycles. The van der Waals surface area contributed by atoms with Gasteiger partial charge >= 0.3 is 0 Å². The minimum absolute atomic E-state index is 0.134. The summed E-state index contributed by atoms with van der Waals surface area (Å²) in [6.45, 7) is 3.99. The molecule has 0 fully saturated rings. The standard InChI is InChI=1S/C16H20N2OS/c1-2-7-17-16(14-5-3-4-8-19-14)12-10-15-13(18-11-12)6-9-20-15/h5-6,9-11,16-17H,2-4,7-8H2,1H3. The first-order chi connectivity index (χ1) is 9.88. The van der Waals surface area contributed by atoms with Crippen molar-refractivity contribution in [1.29, 1.82) is 0 Å². The monoisotopic (exact) mass is 288 g/mol. The number of hydrogen-bond donors (Lipinski definition) is 1. The van der Waals surface area contributed by atoms with Gasteiger partial charge in [0.05, 0.1) is 22.9 Å². The summed E-state index contributed by atoms with van der Waals surface area (Å²) < 4.78 is 7.10. The van der Waals surface area contributed by atoms with E-state index in [-0.39, 0.29) is 6.04 Å². The number of rotatable bonds is 5. The average molecular weight is 288 g/mol. The highest BCUT2D eigenvalue weighted by Crippen LogP contribution is 2.29. The number of allylic oxidation sites excluding steroid dienone is 1. The Hall–Kier alpha value is -1.39. The largest absolute Gasteiger partial charge is 0.496 e. The fourth-order valence-electron chi connectivity index (χ4n) is 2.47. The van der Waals surface area contributed by atoms with Gasteiger partial charge in [-0.15, -0.1) is 11.3 Å². The fraction of sp³-hybridized carbons (Fsp3) is 0.438. The molecule has 106 valence electrons. The van der Waals surface area contributed by atoms with Crippen molar-refractivity contribution >= 4 is 21.6 Å². The molecule has 1 N–H and O–H groups in total. The molecule has 20 heavy (non-hydrogen) atoms. The summed E-state index contributed by atoms with van der Waals surface area (Å²) in [5, 5.41) is 5.67. The topological polar surface area (TPSA) is 34.1 Å². The molecule has 0 aromatic carbocycles. The van der Waals surface area contributed by atoms with Crippen molar-refractivity contribution in [2.24, 2.45) is 0 Å². The van der Waals surface area contributed by atoms with E-state index in [1.807, 2.05) is 6.20 Å². The highest BCUT2D eigenvalue weighted by atomic mass is 32.1. The zero-order chi connectivity index (χ0) is 13.8. The third-order valence-corrected chi connectivity index (χ3v) is 4.36. The first-order valence-electron chi connectivity index (χ1n) is 7.28. The number of ether oxygens (including phenoxy) is 1. The van der Waals surface area contributed by atoms with E-state index in [4.69, 9.17) is 4.74 Å². The molecule has 3 rings (SSSR count). The third kappa shape index (κ3) is 2.86. The Morgan fingerprint density at radius 1 is 1.50 bits per heavy atom. The maximum atomic E-state index is 5.86. The number of nitrogens with zero attached hydrogens (tertiary/aromatic N) is 1. The summed E-state index contributed by atoms with van der Waals surface area (Å²) in [5.41, 5.74) is 2.27. The van der Waals surface area contributed by atoms with Crippen LogP contribution in [0, 0.1) is 0 Å².